The van der Waals surface area contributed by atoms with Gasteiger partial charge in [-0.3, -0.25) is 10.1 Å². The van der Waals surface area contributed by atoms with Crippen molar-refractivity contribution in [2.45, 2.75) is 37.9 Å². The zero-order valence-electron chi connectivity index (χ0n) is 15.0. The molecule has 26 heavy (non-hydrogen) atoms. The number of benzene rings is 2. The first-order valence-electron chi connectivity index (χ1n) is 8.23. The van der Waals surface area contributed by atoms with Gasteiger partial charge in [-0.2, -0.15) is 4.31 Å². The second kappa shape index (κ2) is 8.39. The third-order valence-electron chi connectivity index (χ3n) is 4.11. The van der Waals surface area contributed by atoms with Crippen molar-refractivity contribution in [1.29, 1.82) is 0 Å². The smallest absolute Gasteiger partial charge is 0.269 e. The summed E-state index contributed by atoms with van der Waals surface area (Å²) < 4.78 is 26.2. The van der Waals surface area contributed by atoms with Gasteiger partial charge in [0.15, 0.2) is 0 Å². The van der Waals surface area contributed by atoms with Gasteiger partial charge in [-0.15, -0.1) is 0 Å². The van der Waals surface area contributed by atoms with Crippen molar-refractivity contribution in [3.63, 3.8) is 0 Å². The van der Waals surface area contributed by atoms with E-state index in [1.807, 2.05) is 19.9 Å². The molecule has 0 spiro atoms. The van der Waals surface area contributed by atoms with Crippen LogP contribution in [0.4, 0.5) is 5.69 Å². The maximum Gasteiger partial charge on any atom is 0.269 e. The summed E-state index contributed by atoms with van der Waals surface area (Å²) >= 11 is 0. The molecule has 0 saturated heterocycles. The van der Waals surface area contributed by atoms with Gasteiger partial charge in [0.2, 0.25) is 10.0 Å². The SMILES string of the molecule is CC(C)N(C)S(=O)(=O)c1ccc(CNCc2cccc([N+](=O)[O-])c2)cc1. The monoisotopic (exact) mass is 377 g/mol. The molecule has 0 aromatic heterocycles. The molecule has 1 N–H and O–H groups in total. The zero-order chi connectivity index (χ0) is 19.3. The summed E-state index contributed by atoms with van der Waals surface area (Å²) in [6.07, 6.45) is 0. The zero-order valence-corrected chi connectivity index (χ0v) is 15.9. The lowest BCUT2D eigenvalue weighted by molar-refractivity contribution is -0.384. The van der Waals surface area contributed by atoms with Crippen molar-refractivity contribution >= 4 is 15.7 Å². The van der Waals surface area contributed by atoms with E-state index in [9.17, 15) is 18.5 Å². The van der Waals surface area contributed by atoms with Crippen molar-refractivity contribution in [2.24, 2.45) is 0 Å². The highest BCUT2D eigenvalue weighted by molar-refractivity contribution is 7.89. The summed E-state index contributed by atoms with van der Waals surface area (Å²) in [5, 5.41) is 14.0. The minimum atomic E-state index is -3.48. The van der Waals surface area contributed by atoms with E-state index in [1.165, 1.54) is 16.4 Å². The lowest BCUT2D eigenvalue weighted by Gasteiger charge is -2.21. The van der Waals surface area contributed by atoms with Crippen LogP contribution >= 0.6 is 0 Å². The Kier molecular flexibility index (Phi) is 6.47. The lowest BCUT2D eigenvalue weighted by Crippen LogP contribution is -2.33. The fourth-order valence-corrected chi connectivity index (χ4v) is 3.72. The van der Waals surface area contributed by atoms with Crippen molar-refractivity contribution in [3.05, 3.63) is 69.8 Å². The van der Waals surface area contributed by atoms with Crippen molar-refractivity contribution in [3.8, 4) is 0 Å². The molecular formula is C18H23N3O4S. The van der Waals surface area contributed by atoms with Gasteiger partial charge >= 0.3 is 0 Å². The predicted octanol–water partition coefficient (Wildman–Crippen LogP) is 2.91. The Hall–Kier alpha value is -2.29. The van der Waals surface area contributed by atoms with Crippen LogP contribution in [-0.4, -0.2) is 30.7 Å². The number of nitro groups is 1. The van der Waals surface area contributed by atoms with Gasteiger partial charge in [-0.1, -0.05) is 24.3 Å². The summed E-state index contributed by atoms with van der Waals surface area (Å²) in [7, 11) is -1.92. The van der Waals surface area contributed by atoms with Crippen LogP contribution in [0.15, 0.2) is 53.4 Å². The molecule has 2 aromatic carbocycles. The molecule has 0 bridgehead atoms. The normalized spacial score (nSPS) is 11.9. The summed E-state index contributed by atoms with van der Waals surface area (Å²) in [6, 6.07) is 13.1. The largest absolute Gasteiger partial charge is 0.309 e. The molecule has 0 aliphatic rings. The van der Waals surface area contributed by atoms with E-state index in [1.54, 1.807) is 37.4 Å². The molecule has 0 aliphatic carbocycles. The molecule has 0 atom stereocenters. The number of nitro benzene ring substituents is 1. The molecule has 0 saturated carbocycles. The molecule has 0 amide bonds. The molecule has 0 fully saturated rings. The van der Waals surface area contributed by atoms with E-state index < -0.39 is 14.9 Å². The van der Waals surface area contributed by atoms with Crippen LogP contribution in [0, 0.1) is 10.1 Å². The summed E-state index contributed by atoms with van der Waals surface area (Å²) in [5.74, 6) is 0. The van der Waals surface area contributed by atoms with Gasteiger partial charge < -0.3 is 5.32 Å². The number of nitrogens with one attached hydrogen (secondary N) is 1. The highest BCUT2D eigenvalue weighted by atomic mass is 32.2. The second-order valence-electron chi connectivity index (χ2n) is 6.29. The number of rotatable bonds is 8. The minimum absolute atomic E-state index is 0.0631. The Balaban J connectivity index is 1.98. The van der Waals surface area contributed by atoms with Gasteiger partial charge in [0.25, 0.3) is 5.69 Å². The number of sulfonamides is 1. The summed E-state index contributed by atoms with van der Waals surface area (Å²) in [6.45, 7) is 4.66. The standard InChI is InChI=1S/C18H23N3O4S/c1-14(2)20(3)26(24,25)18-9-7-15(8-10-18)12-19-13-16-5-4-6-17(11-16)21(22)23/h4-11,14,19H,12-13H2,1-3H3. The van der Waals surface area contributed by atoms with Gasteiger partial charge in [-0.05, 0) is 37.1 Å². The van der Waals surface area contributed by atoms with Crippen molar-refractivity contribution in [1.82, 2.24) is 9.62 Å². The molecule has 0 radical (unpaired) electrons. The number of hydrogen-bond acceptors (Lipinski definition) is 5. The van der Waals surface area contributed by atoms with Crippen LogP contribution in [0.25, 0.3) is 0 Å². The molecule has 7 nitrogen and oxygen atoms in total. The van der Waals surface area contributed by atoms with E-state index in [0.29, 0.717) is 13.1 Å². The Morgan fingerprint density at radius 1 is 1.08 bits per heavy atom. The molecule has 2 rings (SSSR count). The lowest BCUT2D eigenvalue weighted by atomic mass is 10.2. The minimum Gasteiger partial charge on any atom is -0.309 e. The highest BCUT2D eigenvalue weighted by Gasteiger charge is 2.22. The van der Waals surface area contributed by atoms with Crippen molar-refractivity contribution < 1.29 is 13.3 Å². The summed E-state index contributed by atoms with van der Waals surface area (Å²) in [4.78, 5) is 10.6. The van der Waals surface area contributed by atoms with Crippen LogP contribution in [-0.2, 0) is 23.1 Å². The number of non-ortho nitro benzene ring substituents is 1. The van der Waals surface area contributed by atoms with Crippen LogP contribution < -0.4 is 5.32 Å². The molecule has 0 aliphatic heterocycles. The molecule has 2 aromatic rings. The van der Waals surface area contributed by atoms with Crippen LogP contribution in [0.3, 0.4) is 0 Å². The predicted molar refractivity (Wildman–Crippen MR) is 100 cm³/mol. The fourth-order valence-electron chi connectivity index (χ4n) is 2.35. The topological polar surface area (TPSA) is 92.6 Å². The highest BCUT2D eigenvalue weighted by Crippen LogP contribution is 2.17. The van der Waals surface area contributed by atoms with E-state index >= 15 is 0 Å². The van der Waals surface area contributed by atoms with Gasteiger partial charge in [0.1, 0.15) is 0 Å². The Morgan fingerprint density at radius 3 is 2.27 bits per heavy atom. The van der Waals surface area contributed by atoms with E-state index in [0.717, 1.165) is 11.1 Å². The Labute approximate surface area is 153 Å². The third-order valence-corrected chi connectivity index (χ3v) is 6.15. The van der Waals surface area contributed by atoms with E-state index in [2.05, 4.69) is 5.32 Å². The average Bonchev–Trinajstić information content (AvgIpc) is 2.61. The van der Waals surface area contributed by atoms with Gasteiger partial charge in [0.05, 0.1) is 9.82 Å². The number of nitrogens with zero attached hydrogens (tertiary/aromatic N) is 2. The first-order chi connectivity index (χ1) is 12.2. The maximum atomic E-state index is 12.4. The third kappa shape index (κ3) is 4.87. The fraction of sp³-hybridized carbons (Fsp3) is 0.333. The van der Waals surface area contributed by atoms with Gasteiger partial charge in [-0.25, -0.2) is 8.42 Å². The quantitative estimate of drug-likeness (QED) is 0.564. The van der Waals surface area contributed by atoms with Crippen LogP contribution in [0.5, 0.6) is 0 Å². The average molecular weight is 377 g/mol. The molecule has 8 heteroatoms. The first-order valence-corrected chi connectivity index (χ1v) is 9.67. The van der Waals surface area contributed by atoms with Crippen LogP contribution in [0.2, 0.25) is 0 Å². The number of hydrogen-bond donors (Lipinski definition) is 1. The van der Waals surface area contributed by atoms with Crippen LogP contribution in [0.1, 0.15) is 25.0 Å². The Bertz CT molecular complexity index is 864. The molecule has 0 heterocycles. The van der Waals surface area contributed by atoms with E-state index in [4.69, 9.17) is 0 Å². The molecule has 140 valence electrons. The summed E-state index contributed by atoms with van der Waals surface area (Å²) in [5.41, 5.74) is 1.81. The maximum absolute atomic E-state index is 12.4. The second-order valence-corrected chi connectivity index (χ2v) is 8.29. The Morgan fingerprint density at radius 2 is 1.69 bits per heavy atom. The van der Waals surface area contributed by atoms with E-state index in [-0.39, 0.29) is 16.6 Å². The molecular weight excluding hydrogens is 354 g/mol. The first kappa shape index (κ1) is 20.0. The van der Waals surface area contributed by atoms with Crippen molar-refractivity contribution in [2.75, 3.05) is 7.05 Å². The van der Waals surface area contributed by atoms with Gasteiger partial charge in [0, 0.05) is 38.3 Å². The molecule has 0 unspecified atom stereocenters.